The van der Waals surface area contributed by atoms with Gasteiger partial charge in [0.1, 0.15) is 10.8 Å². The van der Waals surface area contributed by atoms with E-state index >= 15 is 0 Å². The van der Waals surface area contributed by atoms with Crippen LogP contribution in [0.2, 0.25) is 0 Å². The van der Waals surface area contributed by atoms with Gasteiger partial charge in [-0.3, -0.25) is 0 Å². The normalized spacial score (nSPS) is 15.1. The van der Waals surface area contributed by atoms with Crippen LogP contribution in [0.25, 0.3) is 16.6 Å². The van der Waals surface area contributed by atoms with Crippen LogP contribution in [-0.4, -0.2) is 56.9 Å². The quantitative estimate of drug-likeness (QED) is 0.259. The summed E-state index contributed by atoms with van der Waals surface area (Å²) in [5.41, 5.74) is 4.78. The smallest absolute Gasteiger partial charge is 0.225 e. The van der Waals surface area contributed by atoms with Gasteiger partial charge in [0.15, 0.2) is 5.90 Å². The predicted molar refractivity (Wildman–Crippen MR) is 158 cm³/mol. The van der Waals surface area contributed by atoms with Crippen LogP contribution in [0.15, 0.2) is 35.5 Å². The molecule has 0 saturated heterocycles. The third-order valence-corrected chi connectivity index (χ3v) is 7.89. The number of hydrogen-bond donors (Lipinski definition) is 4. The van der Waals surface area contributed by atoms with Gasteiger partial charge in [-0.1, -0.05) is 36.8 Å². The largest absolute Gasteiger partial charge is 0.481 e. The molecule has 1 aliphatic rings. The Morgan fingerprint density at radius 2 is 1.87 bits per heavy atom. The van der Waals surface area contributed by atoms with E-state index in [1.165, 1.54) is 5.56 Å². The molecule has 4 N–H and O–H groups in total. The lowest BCUT2D eigenvalue weighted by atomic mass is 10.0. The average Bonchev–Trinajstić information content (AvgIpc) is 3.20. The van der Waals surface area contributed by atoms with Crippen molar-refractivity contribution in [2.24, 2.45) is 10.9 Å². The molecular weight excluding hydrogens is 512 g/mol. The highest BCUT2D eigenvalue weighted by molar-refractivity contribution is 7.16. The van der Waals surface area contributed by atoms with Crippen molar-refractivity contribution in [3.05, 3.63) is 57.9 Å². The number of rotatable bonds is 11. The molecule has 0 aliphatic carbocycles. The van der Waals surface area contributed by atoms with Crippen molar-refractivity contribution >= 4 is 35.1 Å². The van der Waals surface area contributed by atoms with Crippen LogP contribution in [0, 0.1) is 19.8 Å². The van der Waals surface area contributed by atoms with Gasteiger partial charge in [-0.25, -0.2) is 15.0 Å². The topological polar surface area (TPSA) is 125 Å². The molecule has 1 unspecified atom stereocenters. The second-order valence-electron chi connectivity index (χ2n) is 9.71. The zero-order chi connectivity index (χ0) is 27.9. The molecule has 1 aliphatic heterocycles. The van der Waals surface area contributed by atoms with E-state index in [2.05, 4.69) is 53.7 Å². The van der Waals surface area contributed by atoms with Crippen LogP contribution in [0.1, 0.15) is 60.6 Å². The van der Waals surface area contributed by atoms with E-state index < -0.39 is 6.10 Å². The van der Waals surface area contributed by atoms with Crippen LogP contribution in [0.3, 0.4) is 0 Å². The molecule has 2 aromatic heterocycles. The highest BCUT2D eigenvalue weighted by atomic mass is 32.1. The Hall–Kier alpha value is -3.34. The van der Waals surface area contributed by atoms with Crippen molar-refractivity contribution < 1.29 is 14.9 Å². The maximum absolute atomic E-state index is 10.7. The summed E-state index contributed by atoms with van der Waals surface area (Å²) in [7, 11) is 0. The fourth-order valence-electron chi connectivity index (χ4n) is 4.40. The fraction of sp³-hybridized carbons (Fsp3) is 0.448. The monoisotopic (exact) mass is 550 g/mol. The number of aliphatic imine (C=N–C) groups is 1. The van der Waals surface area contributed by atoms with E-state index in [0.29, 0.717) is 37.1 Å². The first-order valence-electron chi connectivity index (χ1n) is 13.4. The Bertz CT molecular complexity index is 1320. The first-order chi connectivity index (χ1) is 18.8. The zero-order valence-electron chi connectivity index (χ0n) is 23.2. The maximum Gasteiger partial charge on any atom is 0.225 e. The van der Waals surface area contributed by atoms with Gasteiger partial charge < -0.3 is 25.6 Å². The van der Waals surface area contributed by atoms with Crippen LogP contribution in [0.5, 0.6) is 0 Å². The molecule has 39 heavy (non-hydrogen) atoms. The summed E-state index contributed by atoms with van der Waals surface area (Å²) in [5, 5.41) is 27.9. The number of hydrogen-bond acceptors (Lipinski definition) is 10. The van der Waals surface area contributed by atoms with Gasteiger partial charge in [-0.05, 0) is 45.8 Å². The summed E-state index contributed by atoms with van der Waals surface area (Å²) in [6.45, 7) is 10.7. The standard InChI is InChI=1S/C29H38N6O3S/c1-6-20(16-36)23(37)15-31-27-26(28-34-22-14-25(38-7-2)30-13-12-24(22)39-28)19(5)33-29(35-27)32-18(4)21-10-8-17(3)9-11-21/h8-13,18,20,23,36-37H,6-7,14-16H2,1-5H3,(H2,31,32,33,35)/t18-,20?,23+/m1/s1. The van der Waals surface area contributed by atoms with Crippen LogP contribution < -0.4 is 10.6 Å². The summed E-state index contributed by atoms with van der Waals surface area (Å²) in [5.74, 6) is 1.48. The number of ether oxygens (including phenoxy) is 1. The summed E-state index contributed by atoms with van der Waals surface area (Å²) in [6.07, 6.45) is 4.15. The lowest BCUT2D eigenvalue weighted by Gasteiger charge is -2.22. The number of aliphatic hydroxyl groups is 2. The molecule has 3 heterocycles. The molecule has 3 aromatic rings. The molecule has 4 rings (SSSR count). The highest BCUT2D eigenvalue weighted by Gasteiger charge is 2.23. The van der Waals surface area contributed by atoms with Crippen molar-refractivity contribution in [3.63, 3.8) is 0 Å². The molecule has 0 amide bonds. The first kappa shape index (κ1) is 28.7. The number of aromatic nitrogens is 3. The van der Waals surface area contributed by atoms with Gasteiger partial charge in [-0.2, -0.15) is 4.98 Å². The van der Waals surface area contributed by atoms with Crippen LogP contribution in [0.4, 0.5) is 11.8 Å². The van der Waals surface area contributed by atoms with E-state index in [9.17, 15) is 10.2 Å². The summed E-state index contributed by atoms with van der Waals surface area (Å²) in [6, 6.07) is 8.36. The Labute approximate surface area is 234 Å². The molecule has 0 spiro atoms. The summed E-state index contributed by atoms with van der Waals surface area (Å²) in [4.78, 5) is 20.0. The minimum atomic E-state index is -0.730. The number of nitrogens with zero attached hydrogens (tertiary/aromatic N) is 4. The predicted octanol–water partition coefficient (Wildman–Crippen LogP) is 5.14. The number of aliphatic hydroxyl groups excluding tert-OH is 2. The molecular formula is C29H38N6O3S. The first-order valence-corrected chi connectivity index (χ1v) is 14.2. The SMILES string of the molecule is CCOC1=NC=Cc2sc(-c3c(C)nc(N[C@H](C)c4ccc(C)cc4)nc3NC[C@H](O)C(CC)CO)nc2C1. The van der Waals surface area contributed by atoms with Crippen molar-refractivity contribution in [3.8, 4) is 10.6 Å². The molecule has 9 nitrogen and oxygen atoms in total. The summed E-state index contributed by atoms with van der Waals surface area (Å²) >= 11 is 1.55. The van der Waals surface area contributed by atoms with Crippen molar-refractivity contribution in [1.29, 1.82) is 0 Å². The number of anilines is 2. The third-order valence-electron chi connectivity index (χ3n) is 6.81. The van der Waals surface area contributed by atoms with E-state index in [0.717, 1.165) is 32.4 Å². The minimum absolute atomic E-state index is 0.00881. The number of aryl methyl sites for hydroxylation is 2. The second-order valence-corrected chi connectivity index (χ2v) is 10.7. The van der Waals surface area contributed by atoms with Gasteiger partial charge >= 0.3 is 0 Å². The third kappa shape index (κ3) is 7.00. The number of nitrogens with one attached hydrogen (secondary N) is 2. The second kappa shape index (κ2) is 13.1. The van der Waals surface area contributed by atoms with Gasteiger partial charge in [0.05, 0.1) is 47.0 Å². The minimum Gasteiger partial charge on any atom is -0.481 e. The Balaban J connectivity index is 1.67. The van der Waals surface area contributed by atoms with E-state index in [-0.39, 0.29) is 25.1 Å². The van der Waals surface area contributed by atoms with Gasteiger partial charge in [-0.15, -0.1) is 11.3 Å². The molecule has 0 saturated carbocycles. The zero-order valence-corrected chi connectivity index (χ0v) is 24.0. The molecule has 0 fully saturated rings. The Morgan fingerprint density at radius 3 is 2.56 bits per heavy atom. The lowest BCUT2D eigenvalue weighted by Crippen LogP contribution is -2.30. The summed E-state index contributed by atoms with van der Waals surface area (Å²) < 4.78 is 5.66. The van der Waals surface area contributed by atoms with Gasteiger partial charge in [0.25, 0.3) is 0 Å². The molecule has 3 atom stereocenters. The number of benzene rings is 1. The highest BCUT2D eigenvalue weighted by Crippen LogP contribution is 2.37. The van der Waals surface area contributed by atoms with Crippen molar-refractivity contribution in [2.75, 3.05) is 30.4 Å². The van der Waals surface area contributed by atoms with E-state index in [1.54, 1.807) is 17.5 Å². The Morgan fingerprint density at radius 1 is 1.10 bits per heavy atom. The average molecular weight is 551 g/mol. The van der Waals surface area contributed by atoms with Crippen LogP contribution in [-0.2, 0) is 11.2 Å². The maximum atomic E-state index is 10.7. The van der Waals surface area contributed by atoms with Crippen molar-refractivity contribution in [2.45, 2.75) is 59.6 Å². The lowest BCUT2D eigenvalue weighted by molar-refractivity contribution is 0.0742. The van der Waals surface area contributed by atoms with Gasteiger partial charge in [0.2, 0.25) is 5.95 Å². The Kier molecular flexibility index (Phi) is 9.66. The molecule has 0 bridgehead atoms. The van der Waals surface area contributed by atoms with Crippen molar-refractivity contribution in [1.82, 2.24) is 15.0 Å². The molecule has 0 radical (unpaired) electrons. The van der Waals surface area contributed by atoms with Gasteiger partial charge in [0, 0.05) is 25.3 Å². The number of thiazole rings is 1. The molecule has 10 heteroatoms. The molecule has 1 aromatic carbocycles. The van der Waals surface area contributed by atoms with E-state index in [4.69, 9.17) is 19.7 Å². The number of fused-ring (bicyclic) bond motifs is 1. The van der Waals surface area contributed by atoms with E-state index in [1.807, 2.05) is 26.8 Å². The molecule has 208 valence electrons. The van der Waals surface area contributed by atoms with Crippen LogP contribution >= 0.6 is 11.3 Å². The fourth-order valence-corrected chi connectivity index (χ4v) is 5.48.